The molecule has 1 N–H and O–H groups in total. The number of aliphatic imine (C=N–C) groups is 1. The molecule has 0 aromatic heterocycles. The van der Waals surface area contributed by atoms with E-state index in [-0.39, 0.29) is 24.0 Å². The third-order valence-corrected chi connectivity index (χ3v) is 6.01. The molecule has 0 saturated carbocycles. The van der Waals surface area contributed by atoms with Crippen LogP contribution in [0.25, 0.3) is 0 Å². The molecule has 2 heterocycles. The molecule has 1 unspecified atom stereocenters. The third-order valence-electron chi connectivity index (χ3n) is 6.01. The fourth-order valence-electron chi connectivity index (χ4n) is 4.38. The number of morpholine rings is 1. The van der Waals surface area contributed by atoms with Gasteiger partial charge in [0, 0.05) is 45.4 Å². The number of halogens is 1. The monoisotopic (exact) mass is 510 g/mol. The minimum Gasteiger partial charge on any atom is -0.379 e. The Morgan fingerprint density at radius 2 is 1.71 bits per heavy atom. The Bertz CT molecular complexity index is 421. The van der Waals surface area contributed by atoms with Gasteiger partial charge in [-0.05, 0) is 32.6 Å². The number of ether oxygens (including phenoxy) is 2. The van der Waals surface area contributed by atoms with Gasteiger partial charge in [0.25, 0.3) is 0 Å². The molecule has 166 valence electrons. The van der Waals surface area contributed by atoms with Crippen LogP contribution in [0.2, 0.25) is 0 Å². The van der Waals surface area contributed by atoms with Crippen molar-refractivity contribution in [3.8, 4) is 0 Å². The van der Waals surface area contributed by atoms with Crippen LogP contribution in [0.1, 0.15) is 53.4 Å². The minimum absolute atomic E-state index is 0. The van der Waals surface area contributed by atoms with Crippen molar-refractivity contribution in [3.05, 3.63) is 0 Å². The summed E-state index contributed by atoms with van der Waals surface area (Å²) in [4.78, 5) is 10.1. The maximum absolute atomic E-state index is 5.80. The van der Waals surface area contributed by atoms with Crippen molar-refractivity contribution in [2.24, 2.45) is 10.9 Å². The first-order valence-electron chi connectivity index (χ1n) is 11.2. The molecule has 1 atom stereocenters. The number of nitrogens with zero attached hydrogens (tertiary/aromatic N) is 3. The maximum atomic E-state index is 5.80. The quantitative estimate of drug-likeness (QED) is 0.293. The molecule has 0 bridgehead atoms. The first-order chi connectivity index (χ1) is 13.2. The Morgan fingerprint density at radius 1 is 1.07 bits per heavy atom. The zero-order chi connectivity index (χ0) is 19.5. The van der Waals surface area contributed by atoms with Crippen LogP contribution in [0.4, 0.5) is 0 Å². The van der Waals surface area contributed by atoms with Crippen LogP contribution in [0.5, 0.6) is 0 Å². The Kier molecular flexibility index (Phi) is 13.7. The van der Waals surface area contributed by atoms with Crippen molar-refractivity contribution in [2.75, 3.05) is 59.1 Å². The van der Waals surface area contributed by atoms with Gasteiger partial charge in [-0.3, -0.25) is 9.89 Å². The number of rotatable bonds is 9. The Hall–Kier alpha value is -0.120. The SMILES string of the molecule is CCNC(=NCC(C(CC)CC)N1CCOCC1)N1CCC(OCC)CC1.I. The minimum atomic E-state index is 0. The molecule has 0 radical (unpaired) electrons. The number of piperidine rings is 1. The topological polar surface area (TPSA) is 49.3 Å². The van der Waals surface area contributed by atoms with Gasteiger partial charge in [0.1, 0.15) is 0 Å². The lowest BCUT2D eigenvalue weighted by atomic mass is 9.92. The summed E-state index contributed by atoms with van der Waals surface area (Å²) in [5, 5.41) is 3.52. The van der Waals surface area contributed by atoms with E-state index in [0.29, 0.717) is 18.1 Å². The van der Waals surface area contributed by atoms with Crippen LogP contribution < -0.4 is 5.32 Å². The number of hydrogen-bond acceptors (Lipinski definition) is 4. The summed E-state index contributed by atoms with van der Waals surface area (Å²) in [5.74, 6) is 1.77. The summed E-state index contributed by atoms with van der Waals surface area (Å²) < 4.78 is 11.4. The second kappa shape index (κ2) is 14.8. The molecule has 0 amide bonds. The van der Waals surface area contributed by atoms with E-state index in [0.717, 1.165) is 77.9 Å². The standard InChI is InChI=1S/C21H42N4O2.HI/c1-5-18(6-2)20(24-13-15-26-16-14-24)17-23-21(22-7-3)25-11-9-19(10-12-25)27-8-4;/h18-20H,5-17H2,1-4H3,(H,22,23);1H. The predicted octanol–water partition coefficient (Wildman–Crippen LogP) is 3.21. The highest BCUT2D eigenvalue weighted by molar-refractivity contribution is 14.0. The summed E-state index contributed by atoms with van der Waals surface area (Å²) in [6, 6.07) is 0.513. The first kappa shape index (κ1) is 25.9. The lowest BCUT2D eigenvalue weighted by molar-refractivity contribution is 0.00379. The molecular formula is C21H43IN4O2. The first-order valence-corrected chi connectivity index (χ1v) is 11.2. The zero-order valence-electron chi connectivity index (χ0n) is 18.5. The average molecular weight is 511 g/mol. The molecule has 2 fully saturated rings. The van der Waals surface area contributed by atoms with E-state index in [9.17, 15) is 0 Å². The summed E-state index contributed by atoms with van der Waals surface area (Å²) in [6.07, 6.45) is 5.03. The molecule has 0 aromatic carbocycles. The zero-order valence-corrected chi connectivity index (χ0v) is 20.8. The molecule has 2 aliphatic rings. The van der Waals surface area contributed by atoms with Gasteiger partial charge in [-0.1, -0.05) is 26.7 Å². The normalized spacial score (nSPS) is 20.9. The summed E-state index contributed by atoms with van der Waals surface area (Å²) in [5.41, 5.74) is 0. The Balaban J connectivity index is 0.00000392. The van der Waals surface area contributed by atoms with E-state index < -0.39 is 0 Å². The Morgan fingerprint density at radius 3 is 2.25 bits per heavy atom. The predicted molar refractivity (Wildman–Crippen MR) is 128 cm³/mol. The summed E-state index contributed by atoms with van der Waals surface area (Å²) in [7, 11) is 0. The number of nitrogens with one attached hydrogen (secondary N) is 1. The fraction of sp³-hybridized carbons (Fsp3) is 0.952. The van der Waals surface area contributed by atoms with E-state index in [1.54, 1.807) is 0 Å². The van der Waals surface area contributed by atoms with Crippen LogP contribution >= 0.6 is 24.0 Å². The fourth-order valence-corrected chi connectivity index (χ4v) is 4.38. The van der Waals surface area contributed by atoms with Crippen molar-refractivity contribution < 1.29 is 9.47 Å². The van der Waals surface area contributed by atoms with Gasteiger partial charge in [-0.2, -0.15) is 0 Å². The molecular weight excluding hydrogens is 467 g/mol. The van der Waals surface area contributed by atoms with Crippen LogP contribution in [0.15, 0.2) is 4.99 Å². The number of guanidine groups is 1. The second-order valence-corrected chi connectivity index (χ2v) is 7.63. The Labute approximate surface area is 189 Å². The van der Waals surface area contributed by atoms with Gasteiger partial charge in [0.05, 0.1) is 25.9 Å². The van der Waals surface area contributed by atoms with E-state index >= 15 is 0 Å². The largest absolute Gasteiger partial charge is 0.379 e. The lowest BCUT2D eigenvalue weighted by Crippen LogP contribution is -2.50. The summed E-state index contributed by atoms with van der Waals surface area (Å²) in [6.45, 7) is 17.3. The van der Waals surface area contributed by atoms with Crippen LogP contribution in [-0.4, -0.2) is 87.0 Å². The molecule has 2 aliphatic heterocycles. The van der Waals surface area contributed by atoms with E-state index in [2.05, 4.69) is 42.8 Å². The van der Waals surface area contributed by atoms with Crippen LogP contribution in [-0.2, 0) is 9.47 Å². The average Bonchev–Trinajstić information content (AvgIpc) is 2.72. The highest BCUT2D eigenvalue weighted by Crippen LogP contribution is 2.21. The molecule has 2 saturated heterocycles. The van der Waals surface area contributed by atoms with Gasteiger partial charge in [0.15, 0.2) is 5.96 Å². The molecule has 6 nitrogen and oxygen atoms in total. The molecule has 0 aliphatic carbocycles. The maximum Gasteiger partial charge on any atom is 0.193 e. The van der Waals surface area contributed by atoms with Crippen molar-refractivity contribution in [3.63, 3.8) is 0 Å². The molecule has 28 heavy (non-hydrogen) atoms. The van der Waals surface area contributed by atoms with Gasteiger partial charge < -0.3 is 19.7 Å². The number of likely N-dealkylation sites (tertiary alicyclic amines) is 1. The van der Waals surface area contributed by atoms with Crippen molar-refractivity contribution in [2.45, 2.75) is 65.5 Å². The van der Waals surface area contributed by atoms with Crippen LogP contribution in [0.3, 0.4) is 0 Å². The van der Waals surface area contributed by atoms with Crippen molar-refractivity contribution in [1.29, 1.82) is 0 Å². The number of hydrogen-bond donors (Lipinski definition) is 1. The molecule has 0 aromatic rings. The second-order valence-electron chi connectivity index (χ2n) is 7.63. The van der Waals surface area contributed by atoms with Gasteiger partial charge in [-0.25, -0.2) is 0 Å². The van der Waals surface area contributed by atoms with Gasteiger partial charge in [-0.15, -0.1) is 24.0 Å². The molecule has 0 spiro atoms. The van der Waals surface area contributed by atoms with E-state index in [1.165, 1.54) is 12.8 Å². The molecule has 2 rings (SSSR count). The van der Waals surface area contributed by atoms with E-state index in [4.69, 9.17) is 14.5 Å². The van der Waals surface area contributed by atoms with Crippen molar-refractivity contribution in [1.82, 2.24) is 15.1 Å². The third kappa shape index (κ3) is 7.95. The lowest BCUT2D eigenvalue weighted by Gasteiger charge is -2.38. The molecule has 7 heteroatoms. The van der Waals surface area contributed by atoms with Crippen LogP contribution in [0, 0.1) is 5.92 Å². The van der Waals surface area contributed by atoms with Crippen molar-refractivity contribution >= 4 is 29.9 Å². The smallest absolute Gasteiger partial charge is 0.193 e. The van der Waals surface area contributed by atoms with Gasteiger partial charge in [0.2, 0.25) is 0 Å². The summed E-state index contributed by atoms with van der Waals surface area (Å²) >= 11 is 0. The van der Waals surface area contributed by atoms with Gasteiger partial charge >= 0.3 is 0 Å². The highest BCUT2D eigenvalue weighted by atomic mass is 127. The highest BCUT2D eigenvalue weighted by Gasteiger charge is 2.28. The van der Waals surface area contributed by atoms with E-state index in [1.807, 2.05) is 0 Å².